The van der Waals surface area contributed by atoms with Crippen molar-refractivity contribution < 1.29 is 13.9 Å². The molecule has 0 spiro atoms. The van der Waals surface area contributed by atoms with Crippen molar-refractivity contribution in [2.45, 2.75) is 31.8 Å². The molecule has 0 radical (unpaired) electrons. The number of benzene rings is 1. The Kier molecular flexibility index (Phi) is 5.24. The van der Waals surface area contributed by atoms with E-state index in [-0.39, 0.29) is 6.10 Å². The first-order valence-electron chi connectivity index (χ1n) is 9.34. The zero-order valence-corrected chi connectivity index (χ0v) is 15.4. The molecule has 0 amide bonds. The van der Waals surface area contributed by atoms with Gasteiger partial charge in [-0.3, -0.25) is 4.98 Å². The molecule has 1 aromatic carbocycles. The molecule has 0 N–H and O–H groups in total. The van der Waals surface area contributed by atoms with Crippen LogP contribution >= 0.6 is 0 Å². The quantitative estimate of drug-likeness (QED) is 0.574. The molecule has 27 heavy (non-hydrogen) atoms. The van der Waals surface area contributed by atoms with Gasteiger partial charge < -0.3 is 13.9 Å². The van der Waals surface area contributed by atoms with Crippen molar-refractivity contribution in [2.24, 2.45) is 0 Å². The van der Waals surface area contributed by atoms with E-state index in [1.54, 1.807) is 25.8 Å². The number of pyridine rings is 1. The number of ether oxygens (including phenoxy) is 2. The van der Waals surface area contributed by atoms with Gasteiger partial charge in [0.05, 0.1) is 19.5 Å². The van der Waals surface area contributed by atoms with E-state index in [2.05, 4.69) is 11.1 Å². The van der Waals surface area contributed by atoms with E-state index in [0.29, 0.717) is 0 Å². The third-order valence-electron chi connectivity index (χ3n) is 4.87. The molecule has 0 aliphatic heterocycles. The maximum Gasteiger partial charge on any atom is 0.162 e. The van der Waals surface area contributed by atoms with Crippen LogP contribution in [0, 0.1) is 0 Å². The summed E-state index contributed by atoms with van der Waals surface area (Å²) in [5, 5.41) is 0. The number of aromatic nitrogens is 1. The van der Waals surface area contributed by atoms with Crippen molar-refractivity contribution in [1.29, 1.82) is 0 Å². The summed E-state index contributed by atoms with van der Waals surface area (Å²) in [5.74, 6) is 2.35. The smallest absolute Gasteiger partial charge is 0.162 e. The molecule has 4 heteroatoms. The van der Waals surface area contributed by atoms with Gasteiger partial charge in [0.2, 0.25) is 0 Å². The van der Waals surface area contributed by atoms with Gasteiger partial charge in [-0.1, -0.05) is 6.07 Å². The van der Waals surface area contributed by atoms with E-state index >= 15 is 0 Å². The Labute approximate surface area is 159 Å². The molecule has 2 heterocycles. The number of furan rings is 1. The van der Waals surface area contributed by atoms with Crippen LogP contribution in [0.3, 0.4) is 0 Å². The molecule has 4 rings (SSSR count). The van der Waals surface area contributed by atoms with Crippen LogP contribution in [0.2, 0.25) is 0 Å². The Morgan fingerprint density at radius 3 is 2.59 bits per heavy atom. The van der Waals surface area contributed by atoms with Crippen LogP contribution in [0.4, 0.5) is 0 Å². The lowest BCUT2D eigenvalue weighted by atomic mass is 10.0. The molecule has 138 valence electrons. The Morgan fingerprint density at radius 1 is 1.07 bits per heavy atom. The maximum absolute atomic E-state index is 6.26. The molecule has 1 saturated carbocycles. The topological polar surface area (TPSA) is 44.5 Å². The number of rotatable bonds is 6. The molecule has 0 atom stereocenters. The number of methoxy groups -OCH3 is 1. The molecule has 2 aromatic heterocycles. The van der Waals surface area contributed by atoms with Crippen LogP contribution < -0.4 is 9.47 Å². The minimum Gasteiger partial charge on any atom is -0.493 e. The van der Waals surface area contributed by atoms with E-state index in [9.17, 15) is 0 Å². The van der Waals surface area contributed by atoms with Crippen LogP contribution in [0.1, 0.15) is 42.6 Å². The van der Waals surface area contributed by atoms with E-state index < -0.39 is 0 Å². The van der Waals surface area contributed by atoms with Crippen LogP contribution in [-0.4, -0.2) is 18.2 Å². The summed E-state index contributed by atoms with van der Waals surface area (Å²) in [5.41, 5.74) is 3.08. The number of nitrogens with zero attached hydrogens (tertiary/aromatic N) is 1. The summed E-state index contributed by atoms with van der Waals surface area (Å²) in [6.07, 6.45) is 12.3. The summed E-state index contributed by atoms with van der Waals surface area (Å²) < 4.78 is 17.5. The predicted molar refractivity (Wildman–Crippen MR) is 106 cm³/mol. The van der Waals surface area contributed by atoms with Crippen molar-refractivity contribution >= 4 is 11.6 Å². The van der Waals surface area contributed by atoms with Gasteiger partial charge in [0, 0.05) is 18.0 Å². The Balaban J connectivity index is 1.74. The third kappa shape index (κ3) is 4.05. The second kappa shape index (κ2) is 8.12. The van der Waals surface area contributed by atoms with E-state index in [1.807, 2.05) is 42.5 Å². The molecular formula is C23H23NO3. The largest absolute Gasteiger partial charge is 0.493 e. The zero-order chi connectivity index (χ0) is 18.5. The van der Waals surface area contributed by atoms with Gasteiger partial charge in [0.1, 0.15) is 5.76 Å². The highest BCUT2D eigenvalue weighted by atomic mass is 16.5. The first-order chi connectivity index (χ1) is 13.3. The summed E-state index contributed by atoms with van der Waals surface area (Å²) >= 11 is 0. The van der Waals surface area contributed by atoms with Crippen LogP contribution in [-0.2, 0) is 0 Å². The molecule has 4 nitrogen and oxygen atoms in total. The minimum absolute atomic E-state index is 0.269. The van der Waals surface area contributed by atoms with Gasteiger partial charge in [-0.2, -0.15) is 0 Å². The Bertz CT molecular complexity index is 895. The lowest BCUT2D eigenvalue weighted by molar-refractivity contribution is 0.201. The molecule has 1 aliphatic rings. The van der Waals surface area contributed by atoms with E-state index in [4.69, 9.17) is 13.9 Å². The monoisotopic (exact) mass is 361 g/mol. The molecule has 1 fully saturated rings. The van der Waals surface area contributed by atoms with E-state index in [0.717, 1.165) is 46.8 Å². The van der Waals surface area contributed by atoms with Crippen molar-refractivity contribution in [2.75, 3.05) is 7.11 Å². The highest BCUT2D eigenvalue weighted by molar-refractivity contribution is 5.90. The van der Waals surface area contributed by atoms with Gasteiger partial charge in [-0.15, -0.1) is 0 Å². The molecule has 1 aliphatic carbocycles. The lowest BCUT2D eigenvalue weighted by Gasteiger charge is -2.17. The zero-order valence-electron chi connectivity index (χ0n) is 15.4. The number of hydrogen-bond donors (Lipinski definition) is 0. The summed E-state index contributed by atoms with van der Waals surface area (Å²) in [6.45, 7) is 0. The van der Waals surface area contributed by atoms with Crippen LogP contribution in [0.15, 0.2) is 65.5 Å². The van der Waals surface area contributed by atoms with Gasteiger partial charge >= 0.3 is 0 Å². The van der Waals surface area contributed by atoms with Gasteiger partial charge in [0.25, 0.3) is 0 Å². The van der Waals surface area contributed by atoms with Crippen molar-refractivity contribution in [3.8, 4) is 11.5 Å². The normalized spacial score (nSPS) is 15.1. The summed E-state index contributed by atoms with van der Waals surface area (Å²) in [6, 6.07) is 13.9. The summed E-state index contributed by atoms with van der Waals surface area (Å²) in [4.78, 5) is 4.09. The lowest BCUT2D eigenvalue weighted by Crippen LogP contribution is -2.11. The average molecular weight is 361 g/mol. The van der Waals surface area contributed by atoms with Crippen molar-refractivity contribution in [3.05, 3.63) is 78.0 Å². The van der Waals surface area contributed by atoms with E-state index in [1.165, 1.54) is 12.8 Å². The second-order valence-corrected chi connectivity index (χ2v) is 6.71. The molecule has 3 aromatic rings. The predicted octanol–water partition coefficient (Wildman–Crippen LogP) is 5.59. The van der Waals surface area contributed by atoms with Gasteiger partial charge in [0.15, 0.2) is 11.5 Å². The van der Waals surface area contributed by atoms with Crippen molar-refractivity contribution in [1.82, 2.24) is 4.98 Å². The fraction of sp³-hybridized carbons (Fsp3) is 0.261. The van der Waals surface area contributed by atoms with Crippen LogP contribution in [0.25, 0.3) is 11.6 Å². The fourth-order valence-electron chi connectivity index (χ4n) is 3.48. The van der Waals surface area contributed by atoms with Gasteiger partial charge in [-0.05, 0) is 79.3 Å². The number of hydrogen-bond acceptors (Lipinski definition) is 4. The standard InChI is InChI=1S/C23H23NO3/c1-25-22-9-8-18(16-23(22)27-19-5-2-3-6-19)20(21-7-4-14-26-21)15-17-10-12-24-13-11-17/h4,7-16,19H,2-3,5-6H2,1H3. The SMILES string of the molecule is COc1ccc(C(=Cc2ccncc2)c2ccco2)cc1OC1CCCC1. The maximum atomic E-state index is 6.26. The highest BCUT2D eigenvalue weighted by Crippen LogP contribution is 2.36. The second-order valence-electron chi connectivity index (χ2n) is 6.71. The average Bonchev–Trinajstić information content (AvgIpc) is 3.41. The molecular weight excluding hydrogens is 338 g/mol. The first kappa shape index (κ1) is 17.4. The highest BCUT2D eigenvalue weighted by Gasteiger charge is 2.19. The van der Waals surface area contributed by atoms with Crippen LogP contribution in [0.5, 0.6) is 11.5 Å². The molecule has 0 unspecified atom stereocenters. The third-order valence-corrected chi connectivity index (χ3v) is 4.87. The Hall–Kier alpha value is -3.01. The molecule has 0 bridgehead atoms. The summed E-state index contributed by atoms with van der Waals surface area (Å²) in [7, 11) is 1.68. The van der Waals surface area contributed by atoms with Crippen molar-refractivity contribution in [3.63, 3.8) is 0 Å². The van der Waals surface area contributed by atoms with Gasteiger partial charge in [-0.25, -0.2) is 0 Å². The fourth-order valence-corrected chi connectivity index (χ4v) is 3.48. The Morgan fingerprint density at radius 2 is 1.89 bits per heavy atom. The first-order valence-corrected chi connectivity index (χ1v) is 9.34. The molecule has 0 saturated heterocycles. The minimum atomic E-state index is 0.269.